The topological polar surface area (TPSA) is 55.9 Å². The minimum Gasteiger partial charge on any atom is -0.383 e. The van der Waals surface area contributed by atoms with E-state index in [0.29, 0.717) is 11.4 Å². The van der Waals surface area contributed by atoms with Gasteiger partial charge in [-0.05, 0) is 54.1 Å². The van der Waals surface area contributed by atoms with Crippen LogP contribution in [0.4, 0.5) is 11.4 Å². The fraction of sp³-hybridized carbons (Fsp3) is 0.733. The highest BCUT2D eigenvalue weighted by atomic mass is 16.2. The van der Waals surface area contributed by atoms with Crippen molar-refractivity contribution in [3.05, 3.63) is 20.4 Å². The summed E-state index contributed by atoms with van der Waals surface area (Å²) in [4.78, 5) is 29.7. The molecule has 0 aliphatic heterocycles. The summed E-state index contributed by atoms with van der Waals surface area (Å²) in [7, 11) is 9.83. The maximum Gasteiger partial charge on any atom is 0.253 e. The van der Waals surface area contributed by atoms with Gasteiger partial charge in [0, 0.05) is 20.1 Å². The second kappa shape index (κ2) is 8.14. The van der Waals surface area contributed by atoms with Gasteiger partial charge in [-0.3, -0.25) is 9.59 Å². The van der Waals surface area contributed by atoms with Crippen molar-refractivity contribution in [1.82, 2.24) is 9.80 Å². The van der Waals surface area contributed by atoms with Crippen LogP contribution >= 0.6 is 0 Å². The van der Waals surface area contributed by atoms with Crippen LogP contribution in [0.15, 0.2) is 9.59 Å². The summed E-state index contributed by atoms with van der Waals surface area (Å²) in [5, 5.41) is 2.86. The van der Waals surface area contributed by atoms with Crippen molar-refractivity contribution in [1.29, 1.82) is 0 Å². The first-order valence-electron chi connectivity index (χ1n) is 7.44. The highest BCUT2D eigenvalue weighted by Crippen LogP contribution is 2.20. The van der Waals surface area contributed by atoms with Gasteiger partial charge in [0.15, 0.2) is 0 Å². The number of nitrogens with one attached hydrogen (secondary N) is 1. The molecule has 0 amide bonds. The average molecular weight is 296 g/mol. The molecule has 0 saturated carbocycles. The Kier molecular flexibility index (Phi) is 6.84. The summed E-state index contributed by atoms with van der Waals surface area (Å²) in [6.07, 6.45) is 1.94. The minimum absolute atomic E-state index is 0.353. The van der Waals surface area contributed by atoms with Gasteiger partial charge in [-0.15, -0.1) is 0 Å². The van der Waals surface area contributed by atoms with Crippen LogP contribution in [-0.2, 0) is 0 Å². The molecule has 0 aliphatic carbocycles. The van der Waals surface area contributed by atoms with Crippen molar-refractivity contribution in [2.24, 2.45) is 0 Å². The Morgan fingerprint density at radius 1 is 0.810 bits per heavy atom. The molecule has 0 aromatic heterocycles. The molecule has 6 nitrogen and oxygen atoms in total. The lowest BCUT2D eigenvalue weighted by Gasteiger charge is -2.28. The smallest absolute Gasteiger partial charge is 0.253 e. The minimum atomic E-state index is -0.391. The monoisotopic (exact) mass is 296 g/mol. The molecular weight excluding hydrogens is 268 g/mol. The first-order valence-corrected chi connectivity index (χ1v) is 7.44. The van der Waals surface area contributed by atoms with E-state index in [-0.39, 0.29) is 5.43 Å². The number of anilines is 2. The van der Waals surface area contributed by atoms with Crippen LogP contribution in [0.2, 0.25) is 0 Å². The van der Waals surface area contributed by atoms with Gasteiger partial charge in [-0.2, -0.15) is 0 Å². The Bertz CT molecular complexity index is 490. The fourth-order valence-corrected chi connectivity index (χ4v) is 2.40. The van der Waals surface area contributed by atoms with E-state index in [1.807, 2.05) is 28.2 Å². The maximum absolute atomic E-state index is 11.9. The van der Waals surface area contributed by atoms with Crippen LogP contribution in [-0.4, -0.2) is 71.2 Å². The molecule has 0 aliphatic rings. The maximum atomic E-state index is 11.9. The summed E-state index contributed by atoms with van der Waals surface area (Å²) >= 11 is 0. The molecule has 0 saturated heterocycles. The fourth-order valence-electron chi connectivity index (χ4n) is 2.40. The second-order valence-corrected chi connectivity index (χ2v) is 5.93. The predicted molar refractivity (Wildman–Crippen MR) is 89.5 cm³/mol. The van der Waals surface area contributed by atoms with Gasteiger partial charge in [0.2, 0.25) is 0 Å². The Balaban J connectivity index is 2.73. The van der Waals surface area contributed by atoms with E-state index in [9.17, 15) is 9.59 Å². The SMILES string of the molecule is CNc1c(N(CCCN(C)C)CCCN(C)C)c(=O)c1=O. The van der Waals surface area contributed by atoms with Crippen LogP contribution in [0.3, 0.4) is 0 Å². The van der Waals surface area contributed by atoms with Crippen LogP contribution in [0.1, 0.15) is 12.8 Å². The van der Waals surface area contributed by atoms with Crippen LogP contribution in [0, 0.1) is 0 Å². The van der Waals surface area contributed by atoms with E-state index in [2.05, 4.69) is 20.0 Å². The molecule has 1 aromatic rings. The second-order valence-electron chi connectivity index (χ2n) is 5.93. The first-order chi connectivity index (χ1) is 9.88. The molecule has 0 spiro atoms. The Morgan fingerprint density at radius 2 is 1.29 bits per heavy atom. The molecule has 21 heavy (non-hydrogen) atoms. The van der Waals surface area contributed by atoms with Gasteiger partial charge in [0.25, 0.3) is 10.9 Å². The predicted octanol–water partition coefficient (Wildman–Crippen LogP) is 0.0341. The molecule has 1 N–H and O–H groups in total. The lowest BCUT2D eigenvalue weighted by Crippen LogP contribution is -2.43. The van der Waals surface area contributed by atoms with E-state index >= 15 is 0 Å². The van der Waals surface area contributed by atoms with E-state index in [1.54, 1.807) is 7.05 Å². The molecule has 0 unspecified atom stereocenters. The van der Waals surface area contributed by atoms with Gasteiger partial charge >= 0.3 is 0 Å². The molecule has 1 aromatic carbocycles. The van der Waals surface area contributed by atoms with Gasteiger partial charge in [0.05, 0.1) is 0 Å². The summed E-state index contributed by atoms with van der Waals surface area (Å²) in [5.41, 5.74) is 0.293. The van der Waals surface area contributed by atoms with Gasteiger partial charge in [-0.25, -0.2) is 0 Å². The van der Waals surface area contributed by atoms with E-state index in [4.69, 9.17) is 0 Å². The third kappa shape index (κ3) is 4.82. The third-order valence-corrected chi connectivity index (χ3v) is 3.52. The number of hydrogen-bond acceptors (Lipinski definition) is 6. The van der Waals surface area contributed by atoms with Crippen molar-refractivity contribution >= 4 is 11.4 Å². The molecule has 120 valence electrons. The van der Waals surface area contributed by atoms with Crippen molar-refractivity contribution in [2.75, 3.05) is 71.6 Å². The number of hydrogen-bond donors (Lipinski definition) is 1. The standard InChI is InChI=1S/C15H28N4O2/c1-16-12-13(15(21)14(12)20)19(10-6-8-17(2)3)11-7-9-18(4)5/h16H,6-11H2,1-5H3. The van der Waals surface area contributed by atoms with Gasteiger partial charge < -0.3 is 20.0 Å². The molecule has 6 heteroatoms. The zero-order valence-electron chi connectivity index (χ0n) is 13.9. The van der Waals surface area contributed by atoms with Gasteiger partial charge in [0.1, 0.15) is 11.4 Å². The van der Waals surface area contributed by atoms with E-state index in [1.165, 1.54) is 0 Å². The van der Waals surface area contributed by atoms with Crippen LogP contribution < -0.4 is 21.1 Å². The van der Waals surface area contributed by atoms with Crippen LogP contribution in [0.5, 0.6) is 0 Å². The normalized spacial score (nSPS) is 11.6. The van der Waals surface area contributed by atoms with Crippen molar-refractivity contribution in [3.8, 4) is 0 Å². The summed E-state index contributed by atoms with van der Waals surface area (Å²) in [5.74, 6) is 0. The van der Waals surface area contributed by atoms with Gasteiger partial charge in [-0.1, -0.05) is 0 Å². The zero-order chi connectivity index (χ0) is 16.0. The van der Waals surface area contributed by atoms with Crippen molar-refractivity contribution < 1.29 is 0 Å². The summed E-state index contributed by atoms with van der Waals surface area (Å²) in [6, 6.07) is 0. The van der Waals surface area contributed by atoms with E-state index in [0.717, 1.165) is 39.0 Å². The summed E-state index contributed by atoms with van der Waals surface area (Å²) < 4.78 is 0. The molecule has 1 rings (SSSR count). The van der Waals surface area contributed by atoms with Crippen molar-refractivity contribution in [2.45, 2.75) is 12.8 Å². The zero-order valence-corrected chi connectivity index (χ0v) is 13.9. The quantitative estimate of drug-likeness (QED) is 0.615. The number of nitrogens with zero attached hydrogens (tertiary/aromatic N) is 3. The Morgan fingerprint density at radius 3 is 1.67 bits per heavy atom. The highest BCUT2D eigenvalue weighted by molar-refractivity contribution is 5.74. The molecule has 0 radical (unpaired) electrons. The lowest BCUT2D eigenvalue weighted by molar-refractivity contribution is 0.390. The highest BCUT2D eigenvalue weighted by Gasteiger charge is 2.24. The molecule has 0 fully saturated rings. The molecule has 0 heterocycles. The number of rotatable bonds is 10. The average Bonchev–Trinajstić information content (AvgIpc) is 2.41. The van der Waals surface area contributed by atoms with E-state index < -0.39 is 5.43 Å². The third-order valence-electron chi connectivity index (χ3n) is 3.52. The largest absolute Gasteiger partial charge is 0.383 e. The molecule has 0 bridgehead atoms. The van der Waals surface area contributed by atoms with Crippen molar-refractivity contribution in [3.63, 3.8) is 0 Å². The first kappa shape index (κ1) is 17.7. The Labute approximate surface area is 127 Å². The molecule has 0 atom stereocenters. The lowest BCUT2D eigenvalue weighted by atomic mass is 10.1. The van der Waals surface area contributed by atoms with Crippen LogP contribution in [0.25, 0.3) is 0 Å². The Hall–Kier alpha value is -1.40. The molecular formula is C15H28N4O2. The summed E-state index contributed by atoms with van der Waals surface area (Å²) in [6.45, 7) is 3.53.